The van der Waals surface area contributed by atoms with Crippen LogP contribution in [0, 0.1) is 5.82 Å². The number of carbonyl (C=O) groups excluding carboxylic acids is 3. The fourth-order valence-electron chi connectivity index (χ4n) is 2.75. The lowest BCUT2D eigenvalue weighted by atomic mass is 10.1. The molecule has 1 aromatic carbocycles. The van der Waals surface area contributed by atoms with Crippen LogP contribution in [-0.2, 0) is 9.59 Å². The third-order valence-corrected chi connectivity index (χ3v) is 4.16. The van der Waals surface area contributed by atoms with Gasteiger partial charge in [-0.15, -0.1) is 0 Å². The molecular formula is C19H18FN3O4. The summed E-state index contributed by atoms with van der Waals surface area (Å²) in [5.74, 6) is -1.21. The van der Waals surface area contributed by atoms with Crippen LogP contribution in [0.4, 0.5) is 20.8 Å². The van der Waals surface area contributed by atoms with Crippen LogP contribution in [0.2, 0.25) is 0 Å². The average molecular weight is 371 g/mol. The van der Waals surface area contributed by atoms with Crippen LogP contribution in [0.5, 0.6) is 0 Å². The molecule has 1 saturated heterocycles. The zero-order valence-electron chi connectivity index (χ0n) is 14.9. The summed E-state index contributed by atoms with van der Waals surface area (Å²) in [4.78, 5) is 39.7. The second kappa shape index (κ2) is 7.45. The van der Waals surface area contributed by atoms with Crippen LogP contribution in [0.1, 0.15) is 19.6 Å². The van der Waals surface area contributed by atoms with E-state index in [2.05, 4.69) is 5.32 Å². The monoisotopic (exact) mass is 371 g/mol. The molecule has 3 rings (SSSR count). The van der Waals surface area contributed by atoms with Crippen LogP contribution in [0.15, 0.2) is 46.4 Å². The highest BCUT2D eigenvalue weighted by Gasteiger charge is 2.37. The molecule has 27 heavy (non-hydrogen) atoms. The highest BCUT2D eigenvalue weighted by molar-refractivity contribution is 6.39. The standard InChI is InChI=1S/C19H18FN3O4/c1-3-22(4-2)16-10-9-14(27-16)11-15-17(24)21-19(26)23(18(15)25)13-7-5-12(20)6-8-13/h5-11H,3-4H2,1-2H3,(H,21,24,26)/b15-11+. The summed E-state index contributed by atoms with van der Waals surface area (Å²) < 4.78 is 18.8. The second-order valence-electron chi connectivity index (χ2n) is 5.78. The van der Waals surface area contributed by atoms with Crippen molar-refractivity contribution in [3.05, 3.63) is 53.5 Å². The molecule has 0 radical (unpaired) electrons. The number of rotatable bonds is 5. The van der Waals surface area contributed by atoms with Gasteiger partial charge in [-0.25, -0.2) is 14.1 Å². The molecule has 0 bridgehead atoms. The number of halogens is 1. The second-order valence-corrected chi connectivity index (χ2v) is 5.78. The van der Waals surface area contributed by atoms with Gasteiger partial charge in [-0.1, -0.05) is 0 Å². The minimum atomic E-state index is -0.892. The summed E-state index contributed by atoms with van der Waals surface area (Å²) >= 11 is 0. The molecule has 4 amide bonds. The molecule has 2 aromatic rings. The van der Waals surface area contributed by atoms with E-state index in [1.54, 1.807) is 12.1 Å². The Kier molecular flexibility index (Phi) is 5.07. The third-order valence-electron chi connectivity index (χ3n) is 4.16. The molecule has 7 nitrogen and oxygen atoms in total. The maximum absolute atomic E-state index is 13.1. The average Bonchev–Trinajstić information content (AvgIpc) is 3.10. The molecule has 2 heterocycles. The number of amides is 4. The number of hydrogen-bond donors (Lipinski definition) is 1. The predicted octanol–water partition coefficient (Wildman–Crippen LogP) is 2.93. The Hall–Kier alpha value is -3.42. The number of nitrogens with one attached hydrogen (secondary N) is 1. The number of furan rings is 1. The van der Waals surface area contributed by atoms with E-state index >= 15 is 0 Å². The summed E-state index contributed by atoms with van der Waals surface area (Å²) in [7, 11) is 0. The Morgan fingerprint density at radius 1 is 1.07 bits per heavy atom. The van der Waals surface area contributed by atoms with Gasteiger partial charge in [0.25, 0.3) is 11.8 Å². The van der Waals surface area contributed by atoms with Crippen LogP contribution in [-0.4, -0.2) is 30.9 Å². The van der Waals surface area contributed by atoms with Crippen LogP contribution in [0.25, 0.3) is 6.08 Å². The van der Waals surface area contributed by atoms with Gasteiger partial charge in [-0.2, -0.15) is 0 Å². The number of hydrogen-bond acceptors (Lipinski definition) is 5. The first-order valence-electron chi connectivity index (χ1n) is 8.46. The van der Waals surface area contributed by atoms with Crippen molar-refractivity contribution in [2.24, 2.45) is 0 Å². The number of anilines is 2. The van der Waals surface area contributed by atoms with Crippen molar-refractivity contribution in [1.29, 1.82) is 0 Å². The van der Waals surface area contributed by atoms with Gasteiger partial charge in [0.05, 0.1) is 5.69 Å². The number of urea groups is 1. The molecule has 1 aliphatic rings. The van der Waals surface area contributed by atoms with Gasteiger partial charge < -0.3 is 9.32 Å². The van der Waals surface area contributed by atoms with Crippen molar-refractivity contribution < 1.29 is 23.2 Å². The quantitative estimate of drug-likeness (QED) is 0.645. The highest BCUT2D eigenvalue weighted by atomic mass is 19.1. The van der Waals surface area contributed by atoms with E-state index < -0.39 is 23.7 Å². The summed E-state index contributed by atoms with van der Waals surface area (Å²) in [6, 6.07) is 7.30. The van der Waals surface area contributed by atoms with Crippen molar-refractivity contribution in [2.45, 2.75) is 13.8 Å². The van der Waals surface area contributed by atoms with Crippen molar-refractivity contribution in [1.82, 2.24) is 5.32 Å². The van der Waals surface area contributed by atoms with E-state index in [1.807, 2.05) is 18.7 Å². The van der Waals surface area contributed by atoms with E-state index in [1.165, 1.54) is 18.2 Å². The summed E-state index contributed by atoms with van der Waals surface area (Å²) in [5.41, 5.74) is -0.0973. The van der Waals surface area contributed by atoms with E-state index in [4.69, 9.17) is 4.42 Å². The Morgan fingerprint density at radius 2 is 1.74 bits per heavy atom. The van der Waals surface area contributed by atoms with Gasteiger partial charge in [0.1, 0.15) is 17.2 Å². The van der Waals surface area contributed by atoms with Gasteiger partial charge in [-0.3, -0.25) is 14.9 Å². The molecule has 1 N–H and O–H groups in total. The number of nitrogens with zero attached hydrogens (tertiary/aromatic N) is 2. The predicted molar refractivity (Wildman–Crippen MR) is 97.7 cm³/mol. The maximum atomic E-state index is 13.1. The van der Waals surface area contributed by atoms with Crippen LogP contribution < -0.4 is 15.1 Å². The minimum Gasteiger partial charge on any atom is -0.441 e. The molecule has 1 aromatic heterocycles. The van der Waals surface area contributed by atoms with Gasteiger partial charge >= 0.3 is 6.03 Å². The van der Waals surface area contributed by atoms with E-state index in [0.717, 1.165) is 30.1 Å². The van der Waals surface area contributed by atoms with Crippen molar-refractivity contribution >= 4 is 35.5 Å². The summed E-state index contributed by atoms with van der Waals surface area (Å²) in [6.07, 6.45) is 1.29. The largest absolute Gasteiger partial charge is 0.441 e. The lowest BCUT2D eigenvalue weighted by Gasteiger charge is -2.26. The first-order valence-corrected chi connectivity index (χ1v) is 8.46. The molecule has 0 unspecified atom stereocenters. The summed E-state index contributed by atoms with van der Waals surface area (Å²) in [5, 5.41) is 2.11. The van der Waals surface area contributed by atoms with Crippen LogP contribution in [0.3, 0.4) is 0 Å². The number of benzene rings is 1. The zero-order valence-corrected chi connectivity index (χ0v) is 14.9. The van der Waals surface area contributed by atoms with E-state index in [0.29, 0.717) is 11.6 Å². The third kappa shape index (κ3) is 3.59. The fraction of sp³-hybridized carbons (Fsp3) is 0.211. The molecule has 0 atom stereocenters. The van der Waals surface area contributed by atoms with Crippen LogP contribution >= 0.6 is 0 Å². The molecule has 1 fully saturated rings. The van der Waals surface area contributed by atoms with Crippen molar-refractivity contribution in [3.8, 4) is 0 Å². The van der Waals surface area contributed by atoms with E-state index in [9.17, 15) is 18.8 Å². The Labute approximate surface area is 155 Å². The minimum absolute atomic E-state index is 0.153. The smallest absolute Gasteiger partial charge is 0.335 e. The molecule has 0 aliphatic carbocycles. The van der Waals surface area contributed by atoms with Gasteiger partial charge in [0.15, 0.2) is 5.88 Å². The highest BCUT2D eigenvalue weighted by Crippen LogP contribution is 2.24. The lowest BCUT2D eigenvalue weighted by molar-refractivity contribution is -0.122. The maximum Gasteiger partial charge on any atom is 0.335 e. The van der Waals surface area contributed by atoms with Gasteiger partial charge in [0, 0.05) is 19.2 Å². The summed E-state index contributed by atoms with van der Waals surface area (Å²) in [6.45, 7) is 5.45. The Balaban J connectivity index is 1.93. The first kappa shape index (κ1) is 18.4. The molecule has 1 aliphatic heterocycles. The lowest BCUT2D eigenvalue weighted by Crippen LogP contribution is -2.54. The van der Waals surface area contributed by atoms with Crippen molar-refractivity contribution in [2.75, 3.05) is 22.9 Å². The topological polar surface area (TPSA) is 82.9 Å². The SMILES string of the molecule is CCN(CC)c1ccc(/C=C2\C(=O)NC(=O)N(c3ccc(F)cc3)C2=O)o1. The molecule has 8 heteroatoms. The fourth-order valence-corrected chi connectivity index (χ4v) is 2.75. The Bertz CT molecular complexity index is 913. The zero-order chi connectivity index (χ0) is 19.6. The number of barbiturate groups is 1. The van der Waals surface area contributed by atoms with Gasteiger partial charge in [0.2, 0.25) is 0 Å². The molecular weight excluding hydrogens is 353 g/mol. The molecule has 0 saturated carbocycles. The van der Waals surface area contributed by atoms with Crippen molar-refractivity contribution in [3.63, 3.8) is 0 Å². The normalized spacial score (nSPS) is 16.0. The molecule has 140 valence electrons. The van der Waals surface area contributed by atoms with Gasteiger partial charge in [-0.05, 0) is 50.3 Å². The van der Waals surface area contributed by atoms with E-state index in [-0.39, 0.29) is 11.3 Å². The number of imide groups is 2. The number of carbonyl (C=O) groups is 3. The Morgan fingerprint density at radius 3 is 2.37 bits per heavy atom. The first-order chi connectivity index (χ1) is 12.9. The molecule has 0 spiro atoms.